The predicted octanol–water partition coefficient (Wildman–Crippen LogP) is 3.41. The maximum atomic E-state index is 14.2. The Morgan fingerprint density at radius 2 is 2.10 bits per heavy atom. The minimum atomic E-state index is -0.539. The van der Waals surface area contributed by atoms with Crippen molar-refractivity contribution >= 4 is 28.6 Å². The molecule has 0 spiro atoms. The van der Waals surface area contributed by atoms with Crippen molar-refractivity contribution in [1.29, 1.82) is 0 Å². The summed E-state index contributed by atoms with van der Waals surface area (Å²) >= 11 is 5.82. The highest BCUT2D eigenvalue weighted by atomic mass is 35.5. The molecule has 0 fully saturated rings. The molecule has 0 saturated heterocycles. The summed E-state index contributed by atoms with van der Waals surface area (Å²) in [5, 5.41) is 0.0339. The number of rotatable bonds is 2. The number of ether oxygens (including phenoxy) is 1. The highest BCUT2D eigenvalue weighted by Crippen LogP contribution is 2.29. The molecule has 3 rings (SSSR count). The van der Waals surface area contributed by atoms with Gasteiger partial charge in [0, 0.05) is 6.07 Å². The fourth-order valence-corrected chi connectivity index (χ4v) is 2.29. The Labute approximate surface area is 119 Å². The normalized spacial score (nSPS) is 10.9. The number of methoxy groups -OCH3 is 1. The van der Waals surface area contributed by atoms with Gasteiger partial charge < -0.3 is 10.5 Å². The molecule has 0 bridgehead atoms. The van der Waals surface area contributed by atoms with Gasteiger partial charge in [-0.1, -0.05) is 17.7 Å². The van der Waals surface area contributed by atoms with E-state index in [2.05, 4.69) is 4.98 Å². The number of fused-ring (bicyclic) bond motifs is 1. The van der Waals surface area contributed by atoms with Crippen molar-refractivity contribution < 1.29 is 9.13 Å². The zero-order valence-corrected chi connectivity index (χ0v) is 11.4. The lowest BCUT2D eigenvalue weighted by Crippen LogP contribution is -2.03. The third-order valence-corrected chi connectivity index (χ3v) is 3.35. The van der Waals surface area contributed by atoms with Crippen LogP contribution in [0.15, 0.2) is 36.4 Å². The van der Waals surface area contributed by atoms with Gasteiger partial charge >= 0.3 is 0 Å². The molecule has 0 aliphatic heterocycles. The van der Waals surface area contributed by atoms with E-state index in [1.54, 1.807) is 37.4 Å². The van der Waals surface area contributed by atoms with E-state index in [1.165, 1.54) is 10.6 Å². The summed E-state index contributed by atoms with van der Waals surface area (Å²) in [7, 11) is 1.56. The molecular formula is C14H11ClFN3O. The third kappa shape index (κ3) is 1.87. The first-order valence-electron chi connectivity index (χ1n) is 5.88. The minimum Gasteiger partial charge on any atom is -0.497 e. The van der Waals surface area contributed by atoms with Crippen molar-refractivity contribution in [2.45, 2.75) is 0 Å². The van der Waals surface area contributed by atoms with Gasteiger partial charge in [-0.2, -0.15) is 0 Å². The first-order valence-corrected chi connectivity index (χ1v) is 6.26. The third-order valence-electron chi connectivity index (χ3n) is 3.06. The van der Waals surface area contributed by atoms with Crippen LogP contribution < -0.4 is 10.5 Å². The Balaban J connectivity index is 2.35. The second-order valence-corrected chi connectivity index (χ2v) is 4.64. The first-order chi connectivity index (χ1) is 9.61. The van der Waals surface area contributed by atoms with E-state index in [-0.39, 0.29) is 16.7 Å². The maximum Gasteiger partial charge on any atom is 0.206 e. The SMILES string of the molecule is COc1ccc2nc(N)n(-c3cccc(Cl)c3F)c2c1. The molecule has 0 atom stereocenters. The molecular weight excluding hydrogens is 281 g/mol. The zero-order chi connectivity index (χ0) is 14.3. The summed E-state index contributed by atoms with van der Waals surface area (Å²) in [6, 6.07) is 10.0. The summed E-state index contributed by atoms with van der Waals surface area (Å²) in [6.07, 6.45) is 0. The maximum absolute atomic E-state index is 14.2. The number of hydrogen-bond donors (Lipinski definition) is 1. The van der Waals surface area contributed by atoms with Crippen LogP contribution in [0.25, 0.3) is 16.7 Å². The zero-order valence-electron chi connectivity index (χ0n) is 10.6. The molecule has 1 heterocycles. The standard InChI is InChI=1S/C14H11ClFN3O/c1-20-8-5-6-10-12(7-8)19(14(17)18-10)11-4-2-3-9(15)13(11)16/h2-7H,1H3,(H2,17,18). The van der Waals surface area contributed by atoms with Crippen LogP contribution >= 0.6 is 11.6 Å². The van der Waals surface area contributed by atoms with Crippen molar-refractivity contribution in [1.82, 2.24) is 9.55 Å². The molecule has 0 amide bonds. The Kier molecular flexibility index (Phi) is 2.99. The number of benzene rings is 2. The van der Waals surface area contributed by atoms with Crippen molar-refractivity contribution in [2.75, 3.05) is 12.8 Å². The number of aromatic nitrogens is 2. The predicted molar refractivity (Wildman–Crippen MR) is 77.0 cm³/mol. The van der Waals surface area contributed by atoms with Gasteiger partial charge in [-0.3, -0.25) is 4.57 Å². The van der Waals surface area contributed by atoms with Crippen LogP contribution in [0.5, 0.6) is 5.75 Å². The van der Waals surface area contributed by atoms with Crippen LogP contribution in [0.3, 0.4) is 0 Å². The highest BCUT2D eigenvalue weighted by Gasteiger charge is 2.15. The number of nitrogens with zero attached hydrogens (tertiary/aromatic N) is 2. The number of nitrogen functional groups attached to an aromatic ring is 1. The lowest BCUT2D eigenvalue weighted by molar-refractivity contribution is 0.415. The van der Waals surface area contributed by atoms with Gasteiger partial charge in [-0.05, 0) is 24.3 Å². The van der Waals surface area contributed by atoms with Crippen molar-refractivity contribution in [3.8, 4) is 11.4 Å². The molecule has 20 heavy (non-hydrogen) atoms. The van der Waals surface area contributed by atoms with Gasteiger partial charge in [0.15, 0.2) is 5.82 Å². The van der Waals surface area contributed by atoms with Crippen LogP contribution in [-0.2, 0) is 0 Å². The van der Waals surface area contributed by atoms with Crippen molar-refractivity contribution in [3.63, 3.8) is 0 Å². The van der Waals surface area contributed by atoms with Crippen molar-refractivity contribution in [3.05, 3.63) is 47.2 Å². The number of halogens is 2. The summed E-state index contributed by atoms with van der Waals surface area (Å²) in [5.74, 6) is 0.290. The van der Waals surface area contributed by atoms with E-state index in [0.717, 1.165) is 0 Å². The molecule has 102 valence electrons. The van der Waals surface area contributed by atoms with Gasteiger partial charge in [0.2, 0.25) is 5.95 Å². The van der Waals surface area contributed by atoms with Gasteiger partial charge in [-0.25, -0.2) is 9.37 Å². The van der Waals surface area contributed by atoms with Crippen LogP contribution in [0, 0.1) is 5.82 Å². The second-order valence-electron chi connectivity index (χ2n) is 4.23. The second kappa shape index (κ2) is 4.68. The van der Waals surface area contributed by atoms with Crippen molar-refractivity contribution in [2.24, 2.45) is 0 Å². The molecule has 0 saturated carbocycles. The minimum absolute atomic E-state index is 0.0339. The van der Waals surface area contributed by atoms with Gasteiger partial charge in [-0.15, -0.1) is 0 Å². The summed E-state index contributed by atoms with van der Waals surface area (Å²) in [6.45, 7) is 0. The lowest BCUT2D eigenvalue weighted by Gasteiger charge is -2.09. The highest BCUT2D eigenvalue weighted by molar-refractivity contribution is 6.30. The molecule has 6 heteroatoms. The fourth-order valence-electron chi connectivity index (χ4n) is 2.12. The van der Waals surface area contributed by atoms with Crippen LogP contribution in [0.2, 0.25) is 5.02 Å². The molecule has 3 aromatic rings. The monoisotopic (exact) mass is 291 g/mol. The average molecular weight is 292 g/mol. The molecule has 1 aromatic heterocycles. The molecule has 0 unspecified atom stereocenters. The Morgan fingerprint density at radius 3 is 2.85 bits per heavy atom. The molecule has 0 aliphatic rings. The van der Waals surface area contributed by atoms with Crippen LogP contribution in [0.4, 0.5) is 10.3 Å². The van der Waals surface area contributed by atoms with E-state index in [9.17, 15) is 4.39 Å². The number of nitrogens with two attached hydrogens (primary N) is 1. The first kappa shape index (κ1) is 12.7. The van der Waals surface area contributed by atoms with Gasteiger partial charge in [0.05, 0.1) is 28.9 Å². The molecule has 2 aromatic carbocycles. The molecule has 0 radical (unpaired) electrons. The van der Waals surface area contributed by atoms with Crippen LogP contribution in [-0.4, -0.2) is 16.7 Å². The van der Waals surface area contributed by atoms with E-state index in [4.69, 9.17) is 22.1 Å². The quantitative estimate of drug-likeness (QED) is 0.787. The number of hydrogen-bond acceptors (Lipinski definition) is 3. The molecule has 2 N–H and O–H groups in total. The van der Waals surface area contributed by atoms with E-state index >= 15 is 0 Å². The number of imidazole rings is 1. The lowest BCUT2D eigenvalue weighted by atomic mass is 10.2. The van der Waals surface area contributed by atoms with Crippen LogP contribution in [0.1, 0.15) is 0 Å². The molecule has 0 aliphatic carbocycles. The summed E-state index contributed by atoms with van der Waals surface area (Å²) < 4.78 is 20.9. The Bertz CT molecular complexity index is 800. The Hall–Kier alpha value is -2.27. The largest absolute Gasteiger partial charge is 0.497 e. The fraction of sp³-hybridized carbons (Fsp3) is 0.0714. The van der Waals surface area contributed by atoms with E-state index < -0.39 is 5.82 Å². The number of anilines is 1. The Morgan fingerprint density at radius 1 is 1.30 bits per heavy atom. The smallest absolute Gasteiger partial charge is 0.206 e. The topological polar surface area (TPSA) is 53.1 Å². The van der Waals surface area contributed by atoms with Gasteiger partial charge in [0.25, 0.3) is 0 Å². The molecule has 4 nitrogen and oxygen atoms in total. The summed E-state index contributed by atoms with van der Waals surface area (Å²) in [5.41, 5.74) is 7.46. The average Bonchev–Trinajstić information content (AvgIpc) is 2.77. The van der Waals surface area contributed by atoms with E-state index in [1.807, 2.05) is 0 Å². The van der Waals surface area contributed by atoms with Gasteiger partial charge in [0.1, 0.15) is 5.75 Å². The summed E-state index contributed by atoms with van der Waals surface area (Å²) in [4.78, 5) is 4.21. The van der Waals surface area contributed by atoms with E-state index in [0.29, 0.717) is 16.8 Å².